The molecule has 2 heterocycles. The number of carbonyl (C=O) groups excluding carboxylic acids is 2. The van der Waals surface area contributed by atoms with Crippen molar-refractivity contribution in [2.24, 2.45) is 0 Å². The second-order valence-corrected chi connectivity index (χ2v) is 7.58. The van der Waals surface area contributed by atoms with E-state index in [1.807, 2.05) is 30.3 Å². The van der Waals surface area contributed by atoms with Crippen molar-refractivity contribution in [2.75, 3.05) is 17.2 Å². The Morgan fingerprint density at radius 2 is 1.94 bits per heavy atom. The van der Waals surface area contributed by atoms with Gasteiger partial charge in [-0.3, -0.25) is 19.4 Å². The Bertz CT molecular complexity index is 1180. The van der Waals surface area contributed by atoms with Gasteiger partial charge in [-0.25, -0.2) is 0 Å². The number of aromatic amines is 1. The molecule has 0 aliphatic carbocycles. The summed E-state index contributed by atoms with van der Waals surface area (Å²) < 4.78 is 0. The van der Waals surface area contributed by atoms with Crippen molar-refractivity contribution in [1.82, 2.24) is 15.3 Å². The highest BCUT2D eigenvalue weighted by atomic mass is 35.5. The Morgan fingerprint density at radius 3 is 2.71 bits per heavy atom. The third-order valence-electron chi connectivity index (χ3n) is 4.91. The lowest BCUT2D eigenvalue weighted by Gasteiger charge is -2.23. The third-order valence-corrected chi connectivity index (χ3v) is 5.15. The van der Waals surface area contributed by atoms with Crippen molar-refractivity contribution >= 4 is 40.9 Å². The van der Waals surface area contributed by atoms with Gasteiger partial charge < -0.3 is 16.0 Å². The summed E-state index contributed by atoms with van der Waals surface area (Å²) in [7, 11) is 0. The van der Waals surface area contributed by atoms with Gasteiger partial charge in [0.1, 0.15) is 5.82 Å². The smallest absolute Gasteiger partial charge is 0.258 e. The van der Waals surface area contributed by atoms with Crippen molar-refractivity contribution in [3.8, 4) is 0 Å². The first-order valence-electron chi connectivity index (χ1n) is 9.78. The lowest BCUT2D eigenvalue weighted by Crippen LogP contribution is -2.39. The molecule has 8 nitrogen and oxygen atoms in total. The van der Waals surface area contributed by atoms with Crippen LogP contribution in [0.4, 0.5) is 17.5 Å². The average molecular weight is 438 g/mol. The van der Waals surface area contributed by atoms with E-state index in [4.69, 9.17) is 11.6 Å². The van der Waals surface area contributed by atoms with E-state index >= 15 is 0 Å². The van der Waals surface area contributed by atoms with Crippen LogP contribution in [0.3, 0.4) is 0 Å². The maximum absolute atomic E-state index is 12.8. The molecular weight excluding hydrogens is 418 g/mol. The van der Waals surface area contributed by atoms with Crippen LogP contribution in [0.5, 0.6) is 0 Å². The molecule has 1 aliphatic rings. The number of nitrogens with one attached hydrogen (secondary N) is 4. The monoisotopic (exact) mass is 437 g/mol. The fourth-order valence-electron chi connectivity index (χ4n) is 3.46. The van der Waals surface area contributed by atoms with Crippen LogP contribution in [-0.2, 0) is 16.0 Å². The summed E-state index contributed by atoms with van der Waals surface area (Å²) in [5, 5.41) is 8.87. The number of nitrogens with zero attached hydrogens (tertiary/aromatic N) is 1. The molecular formula is C22H20ClN5O3. The van der Waals surface area contributed by atoms with E-state index in [9.17, 15) is 14.4 Å². The minimum absolute atomic E-state index is 0.0766. The second kappa shape index (κ2) is 9.01. The van der Waals surface area contributed by atoms with Gasteiger partial charge in [0.2, 0.25) is 17.8 Å². The minimum Gasteiger partial charge on any atom is -0.355 e. The molecule has 1 aromatic heterocycles. The van der Waals surface area contributed by atoms with Gasteiger partial charge in [0.05, 0.1) is 11.5 Å². The molecule has 1 atom stereocenters. The molecule has 0 radical (unpaired) electrons. The first kappa shape index (κ1) is 20.6. The number of carbonyl (C=O) groups is 2. The largest absolute Gasteiger partial charge is 0.355 e. The molecule has 4 N–H and O–H groups in total. The van der Waals surface area contributed by atoms with Crippen LogP contribution in [0.2, 0.25) is 5.02 Å². The summed E-state index contributed by atoms with van der Waals surface area (Å²) in [6, 6.07) is 16.6. The van der Waals surface area contributed by atoms with Crippen LogP contribution in [0.25, 0.3) is 0 Å². The number of amides is 2. The van der Waals surface area contributed by atoms with Gasteiger partial charge in [-0.2, -0.15) is 4.98 Å². The van der Waals surface area contributed by atoms with E-state index in [1.54, 1.807) is 24.3 Å². The summed E-state index contributed by atoms with van der Waals surface area (Å²) in [6.07, 6.45) is 0.533. The first-order chi connectivity index (χ1) is 15.0. The number of benzene rings is 2. The molecule has 4 rings (SSSR count). The Morgan fingerprint density at radius 1 is 1.13 bits per heavy atom. The quantitative estimate of drug-likeness (QED) is 0.473. The van der Waals surface area contributed by atoms with Crippen LogP contribution in [-0.4, -0.2) is 28.3 Å². The number of anilines is 3. The highest BCUT2D eigenvalue weighted by Gasteiger charge is 2.34. The molecule has 31 heavy (non-hydrogen) atoms. The van der Waals surface area contributed by atoms with E-state index in [1.165, 1.54) is 0 Å². The zero-order valence-electron chi connectivity index (χ0n) is 16.4. The molecule has 2 aromatic carbocycles. The van der Waals surface area contributed by atoms with Gasteiger partial charge in [-0.05, 0) is 30.2 Å². The summed E-state index contributed by atoms with van der Waals surface area (Å²) in [6.45, 7) is 0.399. The maximum Gasteiger partial charge on any atom is 0.258 e. The fourth-order valence-corrected chi connectivity index (χ4v) is 3.65. The highest BCUT2D eigenvalue weighted by Crippen LogP contribution is 2.29. The minimum atomic E-state index is -0.906. The summed E-state index contributed by atoms with van der Waals surface area (Å²) in [5.74, 6) is -1.45. The first-order valence-corrected chi connectivity index (χ1v) is 10.2. The molecule has 9 heteroatoms. The molecule has 158 valence electrons. The van der Waals surface area contributed by atoms with E-state index < -0.39 is 11.5 Å². The SMILES string of the molecule is O=C1C[C@@H](C(=O)NCCc2ccccc2)c2c(nc(Nc3cccc(Cl)c3)[nH]c2=O)N1. The van der Waals surface area contributed by atoms with Crippen molar-refractivity contribution in [1.29, 1.82) is 0 Å². The van der Waals surface area contributed by atoms with Gasteiger partial charge in [0.25, 0.3) is 5.56 Å². The molecule has 0 unspecified atom stereocenters. The van der Waals surface area contributed by atoms with Crippen molar-refractivity contribution in [3.05, 3.63) is 81.1 Å². The molecule has 0 saturated carbocycles. The number of hydrogen-bond donors (Lipinski definition) is 4. The van der Waals surface area contributed by atoms with Crippen LogP contribution in [0, 0.1) is 0 Å². The van der Waals surface area contributed by atoms with Crippen LogP contribution >= 0.6 is 11.6 Å². The Kier molecular flexibility index (Phi) is 5.99. The molecule has 2 amide bonds. The van der Waals surface area contributed by atoms with Crippen molar-refractivity contribution in [3.63, 3.8) is 0 Å². The normalized spacial score (nSPS) is 15.0. The third kappa shape index (κ3) is 4.92. The molecule has 0 fully saturated rings. The molecule has 0 spiro atoms. The van der Waals surface area contributed by atoms with Crippen LogP contribution in [0.1, 0.15) is 23.5 Å². The van der Waals surface area contributed by atoms with Gasteiger partial charge in [-0.1, -0.05) is 48.0 Å². The summed E-state index contributed by atoms with van der Waals surface area (Å²) >= 11 is 5.98. The number of hydrogen-bond acceptors (Lipinski definition) is 5. The van der Waals surface area contributed by atoms with E-state index in [2.05, 4.69) is 25.9 Å². The van der Waals surface area contributed by atoms with Crippen LogP contribution < -0.4 is 21.5 Å². The number of halogens is 1. The maximum atomic E-state index is 12.8. The standard InChI is InChI=1S/C22H20ClN5O3/c23-14-7-4-8-15(11-14)25-22-27-19-18(21(31)28-22)16(12-17(29)26-19)20(30)24-10-9-13-5-2-1-3-6-13/h1-8,11,16H,9-10,12H2,(H,24,30)(H3,25,26,27,28,29,31)/t16-/m1/s1. The highest BCUT2D eigenvalue weighted by molar-refractivity contribution is 6.30. The van der Waals surface area contributed by atoms with Crippen molar-refractivity contribution < 1.29 is 9.59 Å². The Balaban J connectivity index is 1.52. The number of fused-ring (bicyclic) bond motifs is 1. The summed E-state index contributed by atoms with van der Waals surface area (Å²) in [4.78, 5) is 44.6. The Labute approximate surface area is 183 Å². The lowest BCUT2D eigenvalue weighted by molar-refractivity contribution is -0.126. The van der Waals surface area contributed by atoms with Gasteiger partial charge in [0.15, 0.2) is 0 Å². The van der Waals surface area contributed by atoms with E-state index in [0.29, 0.717) is 23.7 Å². The van der Waals surface area contributed by atoms with Crippen molar-refractivity contribution in [2.45, 2.75) is 18.8 Å². The van der Waals surface area contributed by atoms with Crippen LogP contribution in [0.15, 0.2) is 59.4 Å². The Hall–Kier alpha value is -3.65. The lowest BCUT2D eigenvalue weighted by atomic mass is 9.92. The zero-order chi connectivity index (χ0) is 21.8. The number of H-pyrrole nitrogens is 1. The number of aromatic nitrogens is 2. The summed E-state index contributed by atoms with van der Waals surface area (Å²) in [5.41, 5.74) is 1.36. The predicted molar refractivity (Wildman–Crippen MR) is 119 cm³/mol. The predicted octanol–water partition coefficient (Wildman–Crippen LogP) is 2.95. The molecule has 3 aromatic rings. The topological polar surface area (TPSA) is 116 Å². The second-order valence-electron chi connectivity index (χ2n) is 7.14. The van der Waals surface area contributed by atoms with E-state index in [-0.39, 0.29) is 35.6 Å². The molecule has 0 bridgehead atoms. The van der Waals surface area contributed by atoms with Gasteiger partial charge in [-0.15, -0.1) is 0 Å². The van der Waals surface area contributed by atoms with Gasteiger partial charge in [0, 0.05) is 23.7 Å². The molecule has 0 saturated heterocycles. The number of rotatable bonds is 6. The van der Waals surface area contributed by atoms with Gasteiger partial charge >= 0.3 is 0 Å². The van der Waals surface area contributed by atoms with E-state index in [0.717, 1.165) is 5.56 Å². The fraction of sp³-hybridized carbons (Fsp3) is 0.182. The average Bonchev–Trinajstić information content (AvgIpc) is 2.73. The zero-order valence-corrected chi connectivity index (χ0v) is 17.2. The molecule has 1 aliphatic heterocycles.